The van der Waals surface area contributed by atoms with Crippen molar-refractivity contribution < 1.29 is 19.1 Å². The van der Waals surface area contributed by atoms with Gasteiger partial charge in [-0.3, -0.25) is 4.79 Å². The Balaban J connectivity index is 2.38. The van der Waals surface area contributed by atoms with Gasteiger partial charge in [0.25, 0.3) is 0 Å². The number of amides is 2. The number of hydrogen-bond acceptors (Lipinski definition) is 4. The minimum absolute atomic E-state index is 0.261. The molecule has 124 valence electrons. The molecule has 0 spiro atoms. The van der Waals surface area contributed by atoms with Crippen LogP contribution >= 0.6 is 0 Å². The van der Waals surface area contributed by atoms with Crippen LogP contribution < -0.4 is 15.4 Å². The molecule has 0 aromatic heterocycles. The van der Waals surface area contributed by atoms with E-state index < -0.39 is 24.0 Å². The van der Waals surface area contributed by atoms with Crippen molar-refractivity contribution in [1.82, 2.24) is 10.6 Å². The van der Waals surface area contributed by atoms with Crippen molar-refractivity contribution in [2.24, 2.45) is 5.92 Å². The maximum absolute atomic E-state index is 12.3. The molecule has 0 aliphatic carbocycles. The van der Waals surface area contributed by atoms with Crippen molar-refractivity contribution in [3.05, 3.63) is 42.1 Å². The quantitative estimate of drug-likeness (QED) is 0.790. The zero-order valence-electron chi connectivity index (χ0n) is 13.4. The Kier molecular flexibility index (Phi) is 5.62. The molecule has 1 fully saturated rings. The second-order valence-electron chi connectivity index (χ2n) is 5.22. The molecule has 1 aliphatic heterocycles. The Morgan fingerprint density at radius 2 is 2.04 bits per heavy atom. The van der Waals surface area contributed by atoms with Crippen LogP contribution in [0.3, 0.4) is 0 Å². The lowest BCUT2D eigenvalue weighted by atomic mass is 9.88. The lowest BCUT2D eigenvalue weighted by Crippen LogP contribution is -2.51. The van der Waals surface area contributed by atoms with Gasteiger partial charge < -0.3 is 20.1 Å². The van der Waals surface area contributed by atoms with Gasteiger partial charge in [-0.05, 0) is 19.4 Å². The molecule has 1 aromatic carbocycles. The van der Waals surface area contributed by atoms with Crippen molar-refractivity contribution in [2.45, 2.75) is 26.3 Å². The van der Waals surface area contributed by atoms with Crippen LogP contribution in [0.4, 0.5) is 4.79 Å². The van der Waals surface area contributed by atoms with Gasteiger partial charge in [0, 0.05) is 11.3 Å². The standard InChI is InChI=1S/C17H22N2O4/c1-4-10-23-13-9-7-6-8-12(13)15-14(16(20)22-5-2)11(3)18-17(21)19-15/h6-9,14-15H,3-5,10H2,1-2H3,(H2,18,19,21)/t14-,15-/m1/s1. The summed E-state index contributed by atoms with van der Waals surface area (Å²) in [5.41, 5.74) is 1.05. The summed E-state index contributed by atoms with van der Waals surface area (Å²) in [6.07, 6.45) is 0.862. The van der Waals surface area contributed by atoms with E-state index in [4.69, 9.17) is 9.47 Å². The summed E-state index contributed by atoms with van der Waals surface area (Å²) in [6.45, 7) is 8.37. The van der Waals surface area contributed by atoms with Crippen LogP contribution in [0.1, 0.15) is 31.9 Å². The molecule has 0 bridgehead atoms. The van der Waals surface area contributed by atoms with E-state index in [1.54, 1.807) is 6.92 Å². The number of nitrogens with one attached hydrogen (secondary N) is 2. The molecule has 23 heavy (non-hydrogen) atoms. The maximum atomic E-state index is 12.3. The Hall–Kier alpha value is -2.50. The fraction of sp³-hybridized carbons (Fsp3) is 0.412. The Morgan fingerprint density at radius 1 is 1.30 bits per heavy atom. The highest BCUT2D eigenvalue weighted by atomic mass is 16.5. The highest BCUT2D eigenvalue weighted by Gasteiger charge is 2.39. The summed E-state index contributed by atoms with van der Waals surface area (Å²) in [4.78, 5) is 24.1. The van der Waals surface area contributed by atoms with E-state index >= 15 is 0 Å². The van der Waals surface area contributed by atoms with Gasteiger partial charge in [-0.2, -0.15) is 0 Å². The molecule has 0 radical (unpaired) electrons. The highest BCUT2D eigenvalue weighted by Crippen LogP contribution is 2.35. The van der Waals surface area contributed by atoms with Crippen LogP contribution in [0.25, 0.3) is 0 Å². The minimum Gasteiger partial charge on any atom is -0.493 e. The van der Waals surface area contributed by atoms with E-state index in [0.29, 0.717) is 18.1 Å². The molecule has 2 atom stereocenters. The molecule has 6 nitrogen and oxygen atoms in total. The number of benzene rings is 1. The molecule has 1 saturated heterocycles. The zero-order valence-corrected chi connectivity index (χ0v) is 13.4. The predicted octanol–water partition coefficient (Wildman–Crippen LogP) is 2.52. The van der Waals surface area contributed by atoms with Gasteiger partial charge in [-0.1, -0.05) is 31.7 Å². The normalized spacial score (nSPS) is 20.4. The Labute approximate surface area is 135 Å². The monoisotopic (exact) mass is 318 g/mol. The molecule has 1 heterocycles. The van der Waals surface area contributed by atoms with E-state index in [1.165, 1.54) is 0 Å². The van der Waals surface area contributed by atoms with E-state index in [-0.39, 0.29) is 6.61 Å². The largest absolute Gasteiger partial charge is 0.493 e. The van der Waals surface area contributed by atoms with Gasteiger partial charge >= 0.3 is 12.0 Å². The number of esters is 1. The first-order valence-corrected chi connectivity index (χ1v) is 7.73. The van der Waals surface area contributed by atoms with Gasteiger partial charge in [-0.25, -0.2) is 4.79 Å². The van der Waals surface area contributed by atoms with Gasteiger partial charge in [0.15, 0.2) is 0 Å². The highest BCUT2D eigenvalue weighted by molar-refractivity contribution is 5.85. The summed E-state index contributed by atoms with van der Waals surface area (Å²) >= 11 is 0. The maximum Gasteiger partial charge on any atom is 0.319 e. The Bertz CT molecular complexity index is 600. The van der Waals surface area contributed by atoms with Crippen molar-refractivity contribution >= 4 is 12.0 Å². The van der Waals surface area contributed by atoms with Crippen molar-refractivity contribution in [1.29, 1.82) is 0 Å². The fourth-order valence-electron chi connectivity index (χ4n) is 2.53. The zero-order chi connectivity index (χ0) is 16.8. The number of carbonyl (C=O) groups excluding carboxylic acids is 2. The van der Waals surface area contributed by atoms with Gasteiger partial charge in [0.1, 0.15) is 11.7 Å². The Morgan fingerprint density at radius 3 is 2.74 bits per heavy atom. The molecular weight excluding hydrogens is 296 g/mol. The van der Waals surface area contributed by atoms with Crippen LogP contribution in [0.5, 0.6) is 5.75 Å². The van der Waals surface area contributed by atoms with Crippen molar-refractivity contribution in [2.75, 3.05) is 13.2 Å². The number of para-hydroxylation sites is 1. The smallest absolute Gasteiger partial charge is 0.319 e. The average Bonchev–Trinajstić information content (AvgIpc) is 2.52. The third kappa shape index (κ3) is 3.83. The molecule has 6 heteroatoms. The summed E-state index contributed by atoms with van der Waals surface area (Å²) in [5.74, 6) is -0.497. The topological polar surface area (TPSA) is 76.7 Å². The second-order valence-corrected chi connectivity index (χ2v) is 5.22. The first-order chi connectivity index (χ1) is 11.1. The molecule has 0 unspecified atom stereocenters. The SMILES string of the molecule is C=C1NC(=O)N[C@H](c2ccccc2OCCC)[C@@H]1C(=O)OCC. The molecule has 0 saturated carbocycles. The van der Waals surface area contributed by atoms with E-state index in [0.717, 1.165) is 12.0 Å². The summed E-state index contributed by atoms with van der Waals surface area (Å²) in [6, 6.07) is 6.37. The minimum atomic E-state index is -0.709. The number of rotatable bonds is 6. The number of carbonyl (C=O) groups is 2. The van der Waals surface area contributed by atoms with Crippen LogP contribution in [0.15, 0.2) is 36.5 Å². The predicted molar refractivity (Wildman–Crippen MR) is 85.9 cm³/mol. The molecular formula is C17H22N2O4. The number of urea groups is 1. The lowest BCUT2D eigenvalue weighted by molar-refractivity contribution is -0.147. The van der Waals surface area contributed by atoms with Crippen LogP contribution in [0, 0.1) is 5.92 Å². The average molecular weight is 318 g/mol. The third-order valence-electron chi connectivity index (χ3n) is 3.53. The van der Waals surface area contributed by atoms with Crippen LogP contribution in [-0.2, 0) is 9.53 Å². The fourth-order valence-corrected chi connectivity index (χ4v) is 2.53. The molecule has 2 N–H and O–H groups in total. The number of hydrogen-bond donors (Lipinski definition) is 2. The molecule has 1 aliphatic rings. The van der Waals surface area contributed by atoms with Crippen LogP contribution in [0.2, 0.25) is 0 Å². The second kappa shape index (κ2) is 7.67. The van der Waals surface area contributed by atoms with Crippen LogP contribution in [-0.4, -0.2) is 25.2 Å². The summed E-state index contributed by atoms with van der Waals surface area (Å²) in [7, 11) is 0. The van der Waals surface area contributed by atoms with E-state index in [9.17, 15) is 9.59 Å². The third-order valence-corrected chi connectivity index (χ3v) is 3.53. The van der Waals surface area contributed by atoms with Crippen molar-refractivity contribution in [3.8, 4) is 5.75 Å². The van der Waals surface area contributed by atoms with Gasteiger partial charge in [-0.15, -0.1) is 0 Å². The van der Waals surface area contributed by atoms with E-state index in [1.807, 2.05) is 31.2 Å². The summed E-state index contributed by atoms with van der Waals surface area (Å²) in [5, 5.41) is 5.32. The van der Waals surface area contributed by atoms with Crippen molar-refractivity contribution in [3.63, 3.8) is 0 Å². The first kappa shape index (κ1) is 16.9. The van der Waals surface area contributed by atoms with Gasteiger partial charge in [0.05, 0.1) is 19.3 Å². The van der Waals surface area contributed by atoms with Gasteiger partial charge in [0.2, 0.25) is 0 Å². The molecule has 1 aromatic rings. The summed E-state index contributed by atoms with van der Waals surface area (Å²) < 4.78 is 10.9. The van der Waals surface area contributed by atoms with E-state index in [2.05, 4.69) is 17.2 Å². The number of ether oxygens (including phenoxy) is 2. The molecule has 2 rings (SSSR count). The lowest BCUT2D eigenvalue weighted by Gasteiger charge is -2.33. The molecule has 2 amide bonds. The first-order valence-electron chi connectivity index (χ1n) is 7.73.